The Morgan fingerprint density at radius 1 is 1.88 bits per heavy atom. The SMILES string of the molecule is O=C(O)CC[P+](=S)S. The third kappa shape index (κ3) is 6.34. The maximum Gasteiger partial charge on any atom is 0.307 e. The van der Waals surface area contributed by atoms with Gasteiger partial charge in [-0.25, -0.2) is 0 Å². The van der Waals surface area contributed by atoms with Gasteiger partial charge >= 0.3 is 5.97 Å². The number of carbonyl (C=O) groups is 1. The molecule has 0 radical (unpaired) electrons. The third-order valence-corrected chi connectivity index (χ3v) is 2.27. The summed E-state index contributed by atoms with van der Waals surface area (Å²) in [6.07, 6.45) is 0.682. The predicted molar refractivity (Wildman–Crippen MR) is 40.4 cm³/mol. The van der Waals surface area contributed by atoms with Crippen molar-refractivity contribution < 1.29 is 9.90 Å². The molecule has 0 aromatic heterocycles. The first-order valence-corrected chi connectivity index (χ1v) is 5.67. The van der Waals surface area contributed by atoms with Gasteiger partial charge < -0.3 is 5.11 Å². The summed E-state index contributed by atoms with van der Waals surface area (Å²) < 4.78 is 0. The van der Waals surface area contributed by atoms with E-state index in [1.807, 2.05) is 0 Å². The van der Waals surface area contributed by atoms with Crippen LogP contribution < -0.4 is 0 Å². The fourth-order valence-corrected chi connectivity index (χ4v) is 1.15. The monoisotopic (exact) mass is 169 g/mol. The zero-order valence-electron chi connectivity index (χ0n) is 4.07. The van der Waals surface area contributed by atoms with Crippen molar-refractivity contribution >= 4 is 35.9 Å². The minimum Gasteiger partial charge on any atom is -0.481 e. The molecule has 0 rings (SSSR count). The van der Waals surface area contributed by atoms with Crippen LogP contribution in [0.2, 0.25) is 0 Å². The van der Waals surface area contributed by atoms with Gasteiger partial charge in [0.1, 0.15) is 6.16 Å². The Hall–Kier alpha value is 0.340. The summed E-state index contributed by atoms with van der Waals surface area (Å²) in [7, 11) is 0. The molecule has 0 amide bonds. The molecule has 0 saturated carbocycles. The number of thiol groups is 1. The van der Waals surface area contributed by atoms with Crippen molar-refractivity contribution in [3.8, 4) is 0 Å². The van der Waals surface area contributed by atoms with E-state index in [4.69, 9.17) is 5.11 Å². The lowest BCUT2D eigenvalue weighted by Gasteiger charge is -1.79. The Kier molecular flexibility index (Phi) is 4.42. The van der Waals surface area contributed by atoms with Crippen LogP contribution in [0.4, 0.5) is 0 Å². The van der Waals surface area contributed by atoms with Gasteiger partial charge in [0.15, 0.2) is 11.8 Å². The van der Waals surface area contributed by atoms with E-state index in [1.165, 1.54) is 0 Å². The second-order valence-corrected chi connectivity index (χ2v) is 5.95. The first-order chi connectivity index (χ1) is 3.63. The number of carboxylic acid groups (broad SMARTS) is 1. The molecule has 0 aromatic carbocycles. The van der Waals surface area contributed by atoms with Crippen LogP contribution in [0.25, 0.3) is 0 Å². The van der Waals surface area contributed by atoms with Crippen LogP contribution in [-0.4, -0.2) is 17.2 Å². The molecule has 0 aromatic rings. The molecule has 1 unspecified atom stereocenters. The van der Waals surface area contributed by atoms with Crippen LogP contribution in [-0.2, 0) is 16.6 Å². The minimum absolute atomic E-state index is 0.151. The molecule has 0 bridgehead atoms. The first kappa shape index (κ1) is 8.34. The predicted octanol–water partition coefficient (Wildman–Crippen LogP) is 1.25. The molecule has 2 nitrogen and oxygen atoms in total. The molecular weight excluding hydrogens is 163 g/mol. The standard InChI is InChI=1S/C3H5O2PS2/c4-3(5)1-2-6(7)8/h1-2H2,(H-,4,5,7,8)/p+1. The Bertz CT molecular complexity index is 99.9. The van der Waals surface area contributed by atoms with Gasteiger partial charge in [-0.3, -0.25) is 4.79 Å². The van der Waals surface area contributed by atoms with Crippen LogP contribution in [0.1, 0.15) is 6.42 Å². The number of hydrogen-bond donors (Lipinski definition) is 2. The van der Waals surface area contributed by atoms with E-state index < -0.39 is 11.9 Å². The van der Waals surface area contributed by atoms with E-state index in [2.05, 4.69) is 24.1 Å². The summed E-state index contributed by atoms with van der Waals surface area (Å²) in [6.45, 7) is 0. The zero-order valence-corrected chi connectivity index (χ0v) is 6.68. The highest BCUT2D eigenvalue weighted by Crippen LogP contribution is 2.26. The summed E-state index contributed by atoms with van der Waals surface area (Å²) in [5.74, 6) is -1.53. The second-order valence-electron chi connectivity index (χ2n) is 1.22. The van der Waals surface area contributed by atoms with Crippen LogP contribution in [0.5, 0.6) is 0 Å². The molecule has 0 aliphatic heterocycles. The molecule has 1 atom stereocenters. The van der Waals surface area contributed by atoms with E-state index in [0.29, 0.717) is 6.16 Å². The van der Waals surface area contributed by atoms with E-state index >= 15 is 0 Å². The topological polar surface area (TPSA) is 37.3 Å². The molecule has 46 valence electrons. The van der Waals surface area contributed by atoms with Crippen molar-refractivity contribution in [3.05, 3.63) is 0 Å². The zero-order chi connectivity index (χ0) is 6.57. The summed E-state index contributed by atoms with van der Waals surface area (Å²) in [5.41, 5.74) is 0. The van der Waals surface area contributed by atoms with E-state index in [1.54, 1.807) is 0 Å². The summed E-state index contributed by atoms with van der Waals surface area (Å²) in [4.78, 5) is 9.83. The normalized spacial score (nSPS) is 10.9. The first-order valence-electron chi connectivity index (χ1n) is 1.98. The van der Waals surface area contributed by atoms with Crippen LogP contribution in [0.3, 0.4) is 0 Å². The number of rotatable bonds is 3. The maximum absolute atomic E-state index is 9.83. The van der Waals surface area contributed by atoms with Crippen LogP contribution in [0, 0.1) is 0 Å². The van der Waals surface area contributed by atoms with Gasteiger partial charge in [-0.1, -0.05) is 0 Å². The molecule has 8 heavy (non-hydrogen) atoms. The molecule has 0 saturated heterocycles. The number of hydrogen-bond acceptors (Lipinski definition) is 2. The fourth-order valence-electron chi connectivity index (χ4n) is 0.191. The Morgan fingerprint density at radius 2 is 2.38 bits per heavy atom. The minimum atomic E-state index is -0.795. The molecule has 5 heteroatoms. The van der Waals surface area contributed by atoms with Crippen molar-refractivity contribution in [3.63, 3.8) is 0 Å². The smallest absolute Gasteiger partial charge is 0.307 e. The van der Waals surface area contributed by atoms with Gasteiger partial charge in [-0.05, 0) is 0 Å². The van der Waals surface area contributed by atoms with Gasteiger partial charge in [-0.2, -0.15) is 0 Å². The van der Waals surface area contributed by atoms with E-state index in [-0.39, 0.29) is 6.42 Å². The fraction of sp³-hybridized carbons (Fsp3) is 0.667. The van der Waals surface area contributed by atoms with Gasteiger partial charge in [-0.15, -0.1) is 0 Å². The highest BCUT2D eigenvalue weighted by atomic mass is 32.9. The summed E-state index contributed by atoms with van der Waals surface area (Å²) in [5, 5.41) is 8.09. The second kappa shape index (κ2) is 4.24. The lowest BCUT2D eigenvalue weighted by Crippen LogP contribution is -1.94. The lowest BCUT2D eigenvalue weighted by atomic mass is 10.5. The highest BCUT2D eigenvalue weighted by molar-refractivity contribution is 8.56. The van der Waals surface area contributed by atoms with Crippen LogP contribution >= 0.6 is 18.1 Å². The average Bonchev–Trinajstić information content (AvgIpc) is 1.61. The largest absolute Gasteiger partial charge is 0.481 e. The van der Waals surface area contributed by atoms with Gasteiger partial charge in [0.05, 0.1) is 18.7 Å². The Morgan fingerprint density at radius 3 is 2.50 bits per heavy atom. The highest BCUT2D eigenvalue weighted by Gasteiger charge is 2.05. The van der Waals surface area contributed by atoms with Crippen molar-refractivity contribution in [2.75, 3.05) is 6.16 Å². The van der Waals surface area contributed by atoms with E-state index in [0.717, 1.165) is 0 Å². The van der Waals surface area contributed by atoms with Gasteiger partial charge in [0, 0.05) is 0 Å². The molecule has 1 N–H and O–H groups in total. The molecule has 0 heterocycles. The summed E-state index contributed by atoms with van der Waals surface area (Å²) in [6, 6.07) is 0. The lowest BCUT2D eigenvalue weighted by molar-refractivity contribution is -0.136. The van der Waals surface area contributed by atoms with Gasteiger partial charge in [0.2, 0.25) is 5.90 Å². The Labute approximate surface area is 58.9 Å². The van der Waals surface area contributed by atoms with E-state index in [9.17, 15) is 4.79 Å². The van der Waals surface area contributed by atoms with Gasteiger partial charge in [0.25, 0.3) is 0 Å². The quantitative estimate of drug-likeness (QED) is 0.493. The molecule has 0 spiro atoms. The molecule has 0 fully saturated rings. The Balaban J connectivity index is 3.18. The van der Waals surface area contributed by atoms with Crippen molar-refractivity contribution in [1.29, 1.82) is 0 Å². The third-order valence-electron chi connectivity index (χ3n) is 0.517. The molecule has 0 aliphatic carbocycles. The van der Waals surface area contributed by atoms with Crippen molar-refractivity contribution in [2.45, 2.75) is 6.42 Å². The number of aliphatic carboxylic acids is 1. The molecule has 0 aliphatic rings. The average molecular weight is 169 g/mol. The summed E-state index contributed by atoms with van der Waals surface area (Å²) >= 11 is 8.55. The maximum atomic E-state index is 9.83. The number of carboxylic acids is 1. The van der Waals surface area contributed by atoms with Crippen molar-refractivity contribution in [1.82, 2.24) is 0 Å². The van der Waals surface area contributed by atoms with Crippen LogP contribution in [0.15, 0.2) is 0 Å². The van der Waals surface area contributed by atoms with Crippen molar-refractivity contribution in [2.24, 2.45) is 0 Å². The molecular formula is C3H6O2PS2+.